The lowest BCUT2D eigenvalue weighted by Gasteiger charge is -2.23. The van der Waals surface area contributed by atoms with Gasteiger partial charge in [-0.1, -0.05) is 91.0 Å². The number of aryl methyl sites for hydroxylation is 2. The van der Waals surface area contributed by atoms with Crippen molar-refractivity contribution in [1.82, 2.24) is 9.55 Å². The Morgan fingerprint density at radius 2 is 1.36 bits per heavy atom. The van der Waals surface area contributed by atoms with E-state index in [4.69, 9.17) is 4.98 Å². The van der Waals surface area contributed by atoms with Crippen molar-refractivity contribution in [3.63, 3.8) is 0 Å². The largest absolute Gasteiger partial charge is 0.323 e. The molecule has 4 aromatic carbocycles. The van der Waals surface area contributed by atoms with Crippen molar-refractivity contribution < 1.29 is 4.79 Å². The molecular weight excluding hydrogens is 406 g/mol. The third-order valence-electron chi connectivity index (χ3n) is 5.98. The number of amides is 1. The van der Waals surface area contributed by atoms with Crippen LogP contribution in [0.3, 0.4) is 0 Å². The van der Waals surface area contributed by atoms with Crippen LogP contribution in [-0.4, -0.2) is 15.5 Å². The molecule has 1 N–H and O–H groups in total. The number of aromatic nitrogens is 2. The zero-order valence-corrected chi connectivity index (χ0v) is 18.7. The highest BCUT2D eigenvalue weighted by Gasteiger charge is 2.28. The van der Waals surface area contributed by atoms with Crippen LogP contribution in [0, 0.1) is 13.8 Å². The smallest absolute Gasteiger partial charge is 0.252 e. The number of imidazole rings is 1. The van der Waals surface area contributed by atoms with Crippen molar-refractivity contribution in [2.45, 2.75) is 19.9 Å². The van der Waals surface area contributed by atoms with Crippen LogP contribution in [-0.2, 0) is 4.79 Å². The molecule has 0 aliphatic rings. The van der Waals surface area contributed by atoms with Gasteiger partial charge in [0.25, 0.3) is 5.91 Å². The lowest BCUT2D eigenvalue weighted by atomic mass is 10.0. The van der Waals surface area contributed by atoms with Crippen LogP contribution in [0.1, 0.15) is 22.7 Å². The van der Waals surface area contributed by atoms with Gasteiger partial charge in [-0.15, -0.1) is 0 Å². The maximum atomic E-state index is 14.0. The summed E-state index contributed by atoms with van der Waals surface area (Å²) in [5, 5.41) is 3.22. The Hall–Kier alpha value is -4.18. The summed E-state index contributed by atoms with van der Waals surface area (Å²) in [6, 6.07) is 33.4. The van der Waals surface area contributed by atoms with Gasteiger partial charge in [-0.05, 0) is 42.7 Å². The van der Waals surface area contributed by atoms with Crippen LogP contribution in [0.2, 0.25) is 0 Å². The Kier molecular flexibility index (Phi) is 5.49. The molecule has 0 saturated heterocycles. The Bertz CT molecular complexity index is 1400. The summed E-state index contributed by atoms with van der Waals surface area (Å²) < 4.78 is 2.06. The Morgan fingerprint density at radius 3 is 2.06 bits per heavy atom. The van der Waals surface area contributed by atoms with Gasteiger partial charge < -0.3 is 9.88 Å². The van der Waals surface area contributed by atoms with E-state index in [1.54, 1.807) is 0 Å². The summed E-state index contributed by atoms with van der Waals surface area (Å²) in [4.78, 5) is 18.9. The van der Waals surface area contributed by atoms with E-state index in [0.717, 1.165) is 44.8 Å². The van der Waals surface area contributed by atoms with E-state index < -0.39 is 6.04 Å². The third kappa shape index (κ3) is 3.92. The number of nitrogens with zero attached hydrogens (tertiary/aromatic N) is 2. The highest BCUT2D eigenvalue weighted by Crippen LogP contribution is 2.33. The topological polar surface area (TPSA) is 46.9 Å². The normalized spacial score (nSPS) is 11.9. The van der Waals surface area contributed by atoms with Crippen molar-refractivity contribution in [2.75, 3.05) is 5.32 Å². The van der Waals surface area contributed by atoms with E-state index in [2.05, 4.69) is 9.88 Å². The molecular formula is C29H25N3O. The molecule has 0 saturated carbocycles. The van der Waals surface area contributed by atoms with Crippen LogP contribution in [0.15, 0.2) is 103 Å². The molecule has 0 aliphatic heterocycles. The molecule has 4 nitrogen and oxygen atoms in total. The molecule has 0 aliphatic carbocycles. The summed E-state index contributed by atoms with van der Waals surface area (Å²) in [6.45, 7) is 4.03. The number of para-hydroxylation sites is 3. The highest BCUT2D eigenvalue weighted by molar-refractivity contribution is 5.99. The van der Waals surface area contributed by atoms with Crippen LogP contribution >= 0.6 is 0 Å². The molecule has 1 heterocycles. The molecule has 0 radical (unpaired) electrons. The van der Waals surface area contributed by atoms with Gasteiger partial charge in [-0.2, -0.15) is 0 Å². The quantitative estimate of drug-likeness (QED) is 0.343. The number of anilines is 1. The predicted molar refractivity (Wildman–Crippen MR) is 134 cm³/mol. The molecule has 5 aromatic rings. The summed E-state index contributed by atoms with van der Waals surface area (Å²) in [5.41, 5.74) is 6.58. The van der Waals surface area contributed by atoms with E-state index in [0.29, 0.717) is 0 Å². The van der Waals surface area contributed by atoms with Crippen molar-refractivity contribution in [2.24, 2.45) is 0 Å². The van der Waals surface area contributed by atoms with E-state index in [1.165, 1.54) is 0 Å². The predicted octanol–water partition coefficient (Wildman–Crippen LogP) is 6.55. The third-order valence-corrected chi connectivity index (χ3v) is 5.98. The first-order valence-electron chi connectivity index (χ1n) is 11.1. The van der Waals surface area contributed by atoms with E-state index in [9.17, 15) is 4.79 Å². The zero-order valence-electron chi connectivity index (χ0n) is 18.7. The van der Waals surface area contributed by atoms with E-state index >= 15 is 0 Å². The minimum atomic E-state index is -0.590. The molecule has 1 amide bonds. The standard InChI is InChI=1S/C29H25N3O/c1-20-12-11-13-21(2)26(20)31-29(33)27(22-14-5-3-6-15-22)32-25-19-10-9-18-24(25)30-28(32)23-16-7-4-8-17-23/h3-19,27H,1-2H3,(H,31,33). The van der Waals surface area contributed by atoms with Crippen LogP contribution in [0.4, 0.5) is 5.69 Å². The van der Waals surface area contributed by atoms with Gasteiger partial charge in [0.2, 0.25) is 0 Å². The van der Waals surface area contributed by atoms with E-state index in [-0.39, 0.29) is 5.91 Å². The lowest BCUT2D eigenvalue weighted by Crippen LogP contribution is -2.28. The molecule has 4 heteroatoms. The fourth-order valence-corrected chi connectivity index (χ4v) is 4.35. The number of carbonyl (C=O) groups is 1. The second-order valence-corrected chi connectivity index (χ2v) is 8.23. The van der Waals surface area contributed by atoms with Crippen molar-refractivity contribution in [3.8, 4) is 11.4 Å². The van der Waals surface area contributed by atoms with Crippen molar-refractivity contribution in [1.29, 1.82) is 0 Å². The molecule has 1 atom stereocenters. The summed E-state index contributed by atoms with van der Waals surface area (Å²) in [7, 11) is 0. The molecule has 33 heavy (non-hydrogen) atoms. The van der Waals surface area contributed by atoms with Gasteiger partial charge in [0.1, 0.15) is 11.9 Å². The number of carbonyl (C=O) groups excluding carboxylic acids is 1. The van der Waals surface area contributed by atoms with Crippen LogP contribution in [0.5, 0.6) is 0 Å². The monoisotopic (exact) mass is 431 g/mol. The Morgan fingerprint density at radius 1 is 0.758 bits per heavy atom. The number of benzene rings is 4. The number of nitrogens with one attached hydrogen (secondary N) is 1. The lowest BCUT2D eigenvalue weighted by molar-refractivity contribution is -0.118. The van der Waals surface area contributed by atoms with Gasteiger partial charge in [-0.25, -0.2) is 4.98 Å². The zero-order chi connectivity index (χ0) is 22.8. The summed E-state index contributed by atoms with van der Waals surface area (Å²) in [5.74, 6) is 0.668. The second kappa shape index (κ2) is 8.75. The number of hydrogen-bond donors (Lipinski definition) is 1. The molecule has 0 bridgehead atoms. The SMILES string of the molecule is Cc1cccc(C)c1NC(=O)C(c1ccccc1)n1c(-c2ccccc2)nc2ccccc21. The molecule has 5 rings (SSSR count). The fraction of sp³-hybridized carbons (Fsp3) is 0.103. The maximum Gasteiger partial charge on any atom is 0.252 e. The van der Waals surface area contributed by atoms with E-state index in [1.807, 2.05) is 117 Å². The first-order valence-corrected chi connectivity index (χ1v) is 11.1. The van der Waals surface area contributed by atoms with Gasteiger partial charge in [0.05, 0.1) is 11.0 Å². The number of fused-ring (bicyclic) bond motifs is 1. The minimum absolute atomic E-state index is 0.0982. The Labute approximate surface area is 193 Å². The van der Waals surface area contributed by atoms with Crippen molar-refractivity contribution >= 4 is 22.6 Å². The first-order chi connectivity index (χ1) is 16.1. The maximum absolute atomic E-state index is 14.0. The molecule has 162 valence electrons. The average Bonchev–Trinajstić information content (AvgIpc) is 3.22. The van der Waals surface area contributed by atoms with Gasteiger partial charge in [0, 0.05) is 11.3 Å². The Balaban J connectivity index is 1.73. The molecule has 1 unspecified atom stereocenters. The molecule has 1 aromatic heterocycles. The number of hydrogen-bond acceptors (Lipinski definition) is 2. The molecule has 0 fully saturated rings. The molecule has 0 spiro atoms. The van der Waals surface area contributed by atoms with Gasteiger partial charge in [-0.3, -0.25) is 4.79 Å². The van der Waals surface area contributed by atoms with Crippen LogP contribution in [0.25, 0.3) is 22.4 Å². The first kappa shape index (κ1) is 20.7. The average molecular weight is 432 g/mol. The number of rotatable bonds is 5. The minimum Gasteiger partial charge on any atom is -0.323 e. The summed E-state index contributed by atoms with van der Waals surface area (Å²) >= 11 is 0. The van der Waals surface area contributed by atoms with Crippen LogP contribution < -0.4 is 5.32 Å². The highest BCUT2D eigenvalue weighted by atomic mass is 16.2. The fourth-order valence-electron chi connectivity index (χ4n) is 4.35. The summed E-state index contributed by atoms with van der Waals surface area (Å²) in [6.07, 6.45) is 0. The van der Waals surface area contributed by atoms with Gasteiger partial charge in [0.15, 0.2) is 0 Å². The van der Waals surface area contributed by atoms with Gasteiger partial charge >= 0.3 is 0 Å². The van der Waals surface area contributed by atoms with Crippen molar-refractivity contribution in [3.05, 3.63) is 120 Å². The second-order valence-electron chi connectivity index (χ2n) is 8.23.